The number of H-pyrrole nitrogens is 1. The molecule has 2 unspecified atom stereocenters. The highest BCUT2D eigenvalue weighted by Gasteiger charge is 2.31. The molecule has 1 aromatic carbocycles. The zero-order valence-corrected chi connectivity index (χ0v) is 16.5. The molecule has 1 amide bonds. The third-order valence-corrected chi connectivity index (χ3v) is 5.54. The molecule has 2 aromatic heterocycles. The van der Waals surface area contributed by atoms with E-state index in [4.69, 9.17) is 5.73 Å². The summed E-state index contributed by atoms with van der Waals surface area (Å²) in [6, 6.07) is 8.11. The van der Waals surface area contributed by atoms with Gasteiger partial charge >= 0.3 is 0 Å². The number of piperidine rings is 1. The van der Waals surface area contributed by atoms with Crippen LogP contribution in [0.15, 0.2) is 30.5 Å². The number of nitrogen functional groups attached to an aromatic ring is 1. The van der Waals surface area contributed by atoms with Crippen LogP contribution in [-0.2, 0) is 9.59 Å². The molecule has 0 spiro atoms. The van der Waals surface area contributed by atoms with Gasteiger partial charge in [-0.05, 0) is 48.9 Å². The number of hydrogen-bond donors (Lipinski definition) is 3. The predicted octanol–water partition coefficient (Wildman–Crippen LogP) is 2.96. The summed E-state index contributed by atoms with van der Waals surface area (Å²) in [5, 5.41) is 10.8. The summed E-state index contributed by atoms with van der Waals surface area (Å²) < 4.78 is 0. The number of fused-ring (bicyclic) bond motifs is 1. The van der Waals surface area contributed by atoms with Crippen LogP contribution in [-0.4, -0.2) is 33.9 Å². The molecule has 0 radical (unpaired) electrons. The van der Waals surface area contributed by atoms with Gasteiger partial charge in [0, 0.05) is 11.9 Å². The van der Waals surface area contributed by atoms with Crippen molar-refractivity contribution in [3.05, 3.63) is 41.6 Å². The van der Waals surface area contributed by atoms with Crippen molar-refractivity contribution in [3.63, 3.8) is 0 Å². The Bertz CT molecular complexity index is 1080. The molecule has 2 atom stereocenters. The molecule has 1 fully saturated rings. The van der Waals surface area contributed by atoms with Crippen molar-refractivity contribution in [2.24, 2.45) is 5.92 Å². The fourth-order valence-electron chi connectivity index (χ4n) is 3.99. The van der Waals surface area contributed by atoms with Gasteiger partial charge in [-0.25, -0.2) is 4.98 Å². The third kappa shape index (κ3) is 3.65. The molecule has 1 aliphatic heterocycles. The Morgan fingerprint density at radius 2 is 2.17 bits per heavy atom. The van der Waals surface area contributed by atoms with Crippen LogP contribution in [0.1, 0.15) is 36.9 Å². The summed E-state index contributed by atoms with van der Waals surface area (Å²) in [6.07, 6.45) is 4.09. The first-order chi connectivity index (χ1) is 14.0. The first-order valence-electron chi connectivity index (χ1n) is 9.69. The number of hydrogen-bond acceptors (Lipinski definition) is 6. The number of carbonyl (C=O) groups excluding carboxylic acids is 2. The lowest BCUT2D eigenvalue weighted by atomic mass is 9.89. The molecule has 3 aromatic rings. The van der Waals surface area contributed by atoms with Crippen LogP contribution in [0, 0.1) is 12.8 Å². The minimum Gasteiger partial charge on any atom is -0.383 e. The van der Waals surface area contributed by atoms with E-state index in [-0.39, 0.29) is 12.3 Å². The van der Waals surface area contributed by atoms with E-state index in [1.54, 1.807) is 12.3 Å². The summed E-state index contributed by atoms with van der Waals surface area (Å²) in [5.41, 5.74) is 9.47. The number of carbonyl (C=O) groups is 2. The first kappa shape index (κ1) is 18.9. The normalized spacial score (nSPS) is 19.3. The number of nitrogens with two attached hydrogens (primary N) is 1. The molecule has 0 bridgehead atoms. The number of anilines is 3. The topological polar surface area (TPSA) is 117 Å². The van der Waals surface area contributed by atoms with Crippen molar-refractivity contribution >= 4 is 40.4 Å². The molecule has 0 aliphatic carbocycles. The molecule has 4 N–H and O–H groups in total. The van der Waals surface area contributed by atoms with Gasteiger partial charge in [-0.2, -0.15) is 5.10 Å². The lowest BCUT2D eigenvalue weighted by molar-refractivity contribution is -0.127. The van der Waals surface area contributed by atoms with Gasteiger partial charge in [0.15, 0.2) is 5.82 Å². The highest BCUT2D eigenvalue weighted by Crippen LogP contribution is 2.40. The second-order valence-corrected chi connectivity index (χ2v) is 7.74. The Morgan fingerprint density at radius 1 is 1.34 bits per heavy atom. The van der Waals surface area contributed by atoms with Gasteiger partial charge in [0.1, 0.15) is 5.82 Å². The number of nitrogens with zero attached hydrogens (tertiary/aromatic N) is 3. The SMILES string of the molecule is Cc1cc(NC(=O)C=O)c(N2CC(C)CCC2c2ccc3cn[nH]c3c2)nc1N. The number of aromatic nitrogens is 3. The van der Waals surface area contributed by atoms with Crippen molar-refractivity contribution in [1.82, 2.24) is 15.2 Å². The van der Waals surface area contributed by atoms with Crippen molar-refractivity contribution in [3.8, 4) is 0 Å². The molecule has 1 aliphatic rings. The lowest BCUT2D eigenvalue weighted by Gasteiger charge is -2.40. The number of rotatable bonds is 4. The largest absolute Gasteiger partial charge is 0.383 e. The molecule has 0 saturated carbocycles. The van der Waals surface area contributed by atoms with E-state index >= 15 is 0 Å². The van der Waals surface area contributed by atoms with Crippen molar-refractivity contribution < 1.29 is 9.59 Å². The van der Waals surface area contributed by atoms with Gasteiger partial charge in [-0.1, -0.05) is 19.1 Å². The molecule has 8 nitrogen and oxygen atoms in total. The molecule has 29 heavy (non-hydrogen) atoms. The number of pyridine rings is 1. The maximum atomic E-state index is 11.8. The number of amides is 1. The Morgan fingerprint density at radius 3 is 2.97 bits per heavy atom. The van der Waals surface area contributed by atoms with E-state index in [1.165, 1.54) is 0 Å². The number of aromatic amines is 1. The van der Waals surface area contributed by atoms with Gasteiger partial charge in [0.25, 0.3) is 5.91 Å². The van der Waals surface area contributed by atoms with Crippen molar-refractivity contribution in [2.75, 3.05) is 22.5 Å². The van der Waals surface area contributed by atoms with E-state index < -0.39 is 5.91 Å². The predicted molar refractivity (Wildman–Crippen MR) is 113 cm³/mol. The van der Waals surface area contributed by atoms with Crippen LogP contribution >= 0.6 is 0 Å². The summed E-state index contributed by atoms with van der Waals surface area (Å²) in [4.78, 5) is 29.5. The zero-order chi connectivity index (χ0) is 20.5. The van der Waals surface area contributed by atoms with Crippen molar-refractivity contribution in [1.29, 1.82) is 0 Å². The minimum atomic E-state index is -0.710. The second-order valence-electron chi connectivity index (χ2n) is 7.74. The molecular formula is C21H24N6O2. The summed E-state index contributed by atoms with van der Waals surface area (Å²) in [5.74, 6) is 0.744. The molecule has 3 heterocycles. The Balaban J connectivity index is 1.79. The highest BCUT2D eigenvalue weighted by atomic mass is 16.2. The number of aryl methyl sites for hydroxylation is 1. The molecule has 8 heteroatoms. The smallest absolute Gasteiger partial charge is 0.288 e. The standard InChI is InChI=1S/C21H24N6O2/c1-12-3-6-18(14-4-5-15-9-23-26-16(15)8-14)27(10-12)21-17(24-19(29)11-28)7-13(2)20(22)25-21/h4-5,7-9,11-12,18H,3,6,10H2,1-2H3,(H2,22,25)(H,23,26)(H,24,29). The summed E-state index contributed by atoms with van der Waals surface area (Å²) in [6.45, 7) is 4.79. The second kappa shape index (κ2) is 7.54. The Hall–Kier alpha value is -3.42. The van der Waals surface area contributed by atoms with Crippen LogP contribution < -0.4 is 16.0 Å². The number of aldehydes is 1. The van der Waals surface area contributed by atoms with Crippen LogP contribution in [0.25, 0.3) is 10.9 Å². The maximum Gasteiger partial charge on any atom is 0.288 e. The number of benzene rings is 1. The monoisotopic (exact) mass is 392 g/mol. The third-order valence-electron chi connectivity index (χ3n) is 5.54. The van der Waals surface area contributed by atoms with Gasteiger partial charge in [0.05, 0.1) is 23.4 Å². The fraction of sp³-hybridized carbons (Fsp3) is 0.333. The first-order valence-corrected chi connectivity index (χ1v) is 9.69. The molecule has 150 valence electrons. The Kier molecular flexibility index (Phi) is 4.92. The van der Waals surface area contributed by atoms with Gasteiger partial charge in [-0.15, -0.1) is 0 Å². The van der Waals surface area contributed by atoms with E-state index in [0.29, 0.717) is 23.2 Å². The van der Waals surface area contributed by atoms with Gasteiger partial charge in [-0.3, -0.25) is 14.7 Å². The van der Waals surface area contributed by atoms with E-state index in [9.17, 15) is 9.59 Å². The summed E-state index contributed by atoms with van der Waals surface area (Å²) in [7, 11) is 0. The van der Waals surface area contributed by atoms with Gasteiger partial charge < -0.3 is 16.0 Å². The molecule has 1 saturated heterocycles. The lowest BCUT2D eigenvalue weighted by Crippen LogP contribution is -2.38. The fourth-order valence-corrected chi connectivity index (χ4v) is 3.99. The quantitative estimate of drug-likeness (QED) is 0.464. The average Bonchev–Trinajstić information content (AvgIpc) is 3.18. The van der Waals surface area contributed by atoms with Crippen LogP contribution in [0.5, 0.6) is 0 Å². The number of nitrogens with one attached hydrogen (secondary N) is 2. The van der Waals surface area contributed by atoms with E-state index in [2.05, 4.69) is 50.5 Å². The van der Waals surface area contributed by atoms with Crippen LogP contribution in [0.3, 0.4) is 0 Å². The van der Waals surface area contributed by atoms with Crippen LogP contribution in [0.2, 0.25) is 0 Å². The Labute approximate surface area is 168 Å². The highest BCUT2D eigenvalue weighted by molar-refractivity contribution is 6.29. The maximum absolute atomic E-state index is 11.8. The molecular weight excluding hydrogens is 368 g/mol. The molecule has 4 rings (SSSR count). The van der Waals surface area contributed by atoms with E-state index in [0.717, 1.165) is 41.4 Å². The summed E-state index contributed by atoms with van der Waals surface area (Å²) >= 11 is 0. The zero-order valence-electron chi connectivity index (χ0n) is 16.5. The van der Waals surface area contributed by atoms with Gasteiger partial charge in [0.2, 0.25) is 6.29 Å². The van der Waals surface area contributed by atoms with Crippen LogP contribution in [0.4, 0.5) is 17.3 Å². The average molecular weight is 392 g/mol. The van der Waals surface area contributed by atoms with E-state index in [1.807, 2.05) is 6.92 Å². The van der Waals surface area contributed by atoms with Crippen molar-refractivity contribution in [2.45, 2.75) is 32.7 Å². The minimum absolute atomic E-state index is 0.0698.